The van der Waals surface area contributed by atoms with E-state index >= 15 is 0 Å². The van der Waals surface area contributed by atoms with Crippen LogP contribution in [0.15, 0.2) is 17.8 Å². The van der Waals surface area contributed by atoms with Gasteiger partial charge in [-0.2, -0.15) is 0 Å². The second-order valence-corrected chi connectivity index (χ2v) is 7.62. The number of hydrogen-bond acceptors (Lipinski definition) is 7. The molecule has 7 nitrogen and oxygen atoms in total. The molecule has 0 bridgehead atoms. The molecular weight excluding hydrogens is 409 g/mol. The van der Waals surface area contributed by atoms with Crippen LogP contribution in [-0.2, 0) is 9.53 Å². The first-order valence-corrected chi connectivity index (χ1v) is 9.62. The second-order valence-electron chi connectivity index (χ2n) is 6.71. The molecule has 2 aliphatic rings. The normalized spacial score (nSPS) is 19.3. The van der Waals surface area contributed by atoms with Gasteiger partial charge >= 0.3 is 0 Å². The average Bonchev–Trinajstić information content (AvgIpc) is 3.17. The van der Waals surface area contributed by atoms with Crippen molar-refractivity contribution in [3.63, 3.8) is 0 Å². The fourth-order valence-corrected chi connectivity index (χ4v) is 4.59. The standard InChI is InChI=1S/C17H23N5O2S.2ClH/c18-11-17(2-8-24-9-3-17)16(23)22-6-4-21(5-7-22)15-14-13(1-10-25-14)19-12-20-15;;/h1,10,12H,2-9,11,18H2;2*1H. The van der Waals surface area contributed by atoms with E-state index in [1.165, 1.54) is 0 Å². The number of anilines is 1. The molecule has 0 radical (unpaired) electrons. The quantitative estimate of drug-likeness (QED) is 0.795. The summed E-state index contributed by atoms with van der Waals surface area (Å²) in [5.74, 6) is 1.17. The van der Waals surface area contributed by atoms with Crippen molar-refractivity contribution in [2.75, 3.05) is 50.8 Å². The number of ether oxygens (including phenoxy) is 1. The maximum absolute atomic E-state index is 13.1. The Kier molecular flexibility index (Phi) is 7.64. The molecule has 0 spiro atoms. The van der Waals surface area contributed by atoms with Crippen LogP contribution >= 0.6 is 36.2 Å². The van der Waals surface area contributed by atoms with E-state index in [9.17, 15) is 4.79 Å². The van der Waals surface area contributed by atoms with Crippen LogP contribution in [0.4, 0.5) is 5.82 Å². The van der Waals surface area contributed by atoms with E-state index in [0.29, 0.717) is 32.8 Å². The first-order valence-electron chi connectivity index (χ1n) is 8.74. The minimum Gasteiger partial charge on any atom is -0.381 e. The monoisotopic (exact) mass is 433 g/mol. The molecule has 4 heterocycles. The van der Waals surface area contributed by atoms with Gasteiger partial charge in [0.15, 0.2) is 0 Å². The highest BCUT2D eigenvalue weighted by atomic mass is 35.5. The minimum atomic E-state index is -0.434. The van der Waals surface area contributed by atoms with Gasteiger partial charge in [0.1, 0.15) is 12.1 Å². The Bertz CT molecular complexity index is 761. The first kappa shape index (κ1) is 22.1. The van der Waals surface area contributed by atoms with Gasteiger partial charge in [0, 0.05) is 45.9 Å². The van der Waals surface area contributed by atoms with E-state index in [1.54, 1.807) is 17.7 Å². The van der Waals surface area contributed by atoms with Crippen molar-refractivity contribution in [3.8, 4) is 0 Å². The van der Waals surface area contributed by atoms with Crippen LogP contribution in [0.25, 0.3) is 10.2 Å². The zero-order valence-electron chi connectivity index (χ0n) is 15.0. The Morgan fingerprint density at radius 1 is 1.19 bits per heavy atom. The lowest BCUT2D eigenvalue weighted by atomic mass is 9.78. The summed E-state index contributed by atoms with van der Waals surface area (Å²) < 4.78 is 6.54. The lowest BCUT2D eigenvalue weighted by Gasteiger charge is -2.42. The molecule has 0 atom stereocenters. The van der Waals surface area contributed by atoms with Gasteiger partial charge < -0.3 is 20.3 Å². The van der Waals surface area contributed by atoms with Crippen molar-refractivity contribution in [2.24, 2.45) is 11.1 Å². The molecule has 0 unspecified atom stereocenters. The molecule has 0 aromatic carbocycles. The summed E-state index contributed by atoms with van der Waals surface area (Å²) in [6, 6.07) is 2.01. The van der Waals surface area contributed by atoms with Gasteiger partial charge in [-0.25, -0.2) is 9.97 Å². The van der Waals surface area contributed by atoms with Gasteiger partial charge in [-0.15, -0.1) is 36.2 Å². The van der Waals surface area contributed by atoms with Crippen molar-refractivity contribution >= 4 is 58.1 Å². The van der Waals surface area contributed by atoms with Gasteiger partial charge in [0.05, 0.1) is 15.6 Å². The highest BCUT2D eigenvalue weighted by Crippen LogP contribution is 2.33. The van der Waals surface area contributed by atoms with Crippen LogP contribution in [0.1, 0.15) is 12.8 Å². The number of fused-ring (bicyclic) bond motifs is 1. The molecule has 2 aromatic heterocycles. The maximum Gasteiger partial charge on any atom is 0.230 e. The molecule has 10 heteroatoms. The van der Waals surface area contributed by atoms with E-state index in [2.05, 4.69) is 14.9 Å². The zero-order chi connectivity index (χ0) is 17.3. The summed E-state index contributed by atoms with van der Waals surface area (Å²) in [4.78, 5) is 26.1. The summed E-state index contributed by atoms with van der Waals surface area (Å²) in [6.45, 7) is 4.63. The molecule has 2 N–H and O–H groups in total. The number of nitrogens with zero attached hydrogens (tertiary/aromatic N) is 4. The number of hydrogen-bond donors (Lipinski definition) is 1. The first-order chi connectivity index (χ1) is 12.2. The summed E-state index contributed by atoms with van der Waals surface area (Å²) in [6.07, 6.45) is 3.07. The predicted octanol–water partition coefficient (Wildman–Crippen LogP) is 1.94. The van der Waals surface area contributed by atoms with Crippen molar-refractivity contribution in [1.82, 2.24) is 14.9 Å². The number of aromatic nitrogens is 2. The number of rotatable bonds is 3. The third kappa shape index (κ3) is 4.14. The smallest absolute Gasteiger partial charge is 0.230 e. The SMILES string of the molecule is Cl.Cl.NCC1(C(=O)N2CCN(c3ncnc4ccsc34)CC2)CCOCC1. The Balaban J connectivity index is 0.00000131. The van der Waals surface area contributed by atoms with Crippen molar-refractivity contribution in [2.45, 2.75) is 12.8 Å². The molecule has 2 saturated heterocycles. The molecule has 4 rings (SSSR count). The highest BCUT2D eigenvalue weighted by molar-refractivity contribution is 7.17. The maximum atomic E-state index is 13.1. The number of carbonyl (C=O) groups is 1. The lowest BCUT2D eigenvalue weighted by Crippen LogP contribution is -2.56. The number of carbonyl (C=O) groups excluding carboxylic acids is 1. The van der Waals surface area contributed by atoms with Crippen LogP contribution in [-0.4, -0.2) is 66.7 Å². The van der Waals surface area contributed by atoms with Crippen LogP contribution in [0, 0.1) is 5.41 Å². The fraction of sp³-hybridized carbons (Fsp3) is 0.588. The molecule has 1 amide bonds. The molecule has 0 aliphatic carbocycles. The number of amides is 1. The fourth-order valence-electron chi connectivity index (χ4n) is 3.73. The molecule has 2 aliphatic heterocycles. The molecule has 150 valence electrons. The summed E-state index contributed by atoms with van der Waals surface area (Å²) in [5, 5.41) is 2.04. The molecule has 2 fully saturated rings. The molecular formula is C17H25Cl2N5O2S. The van der Waals surface area contributed by atoms with Crippen LogP contribution in [0.2, 0.25) is 0 Å². The van der Waals surface area contributed by atoms with Gasteiger partial charge in [-0.05, 0) is 24.3 Å². The van der Waals surface area contributed by atoms with Crippen LogP contribution in [0.5, 0.6) is 0 Å². The van der Waals surface area contributed by atoms with E-state index in [-0.39, 0.29) is 30.7 Å². The topological polar surface area (TPSA) is 84.6 Å². The predicted molar refractivity (Wildman–Crippen MR) is 112 cm³/mol. The minimum absolute atomic E-state index is 0. The Morgan fingerprint density at radius 3 is 2.56 bits per heavy atom. The number of piperazine rings is 1. The number of thiophene rings is 1. The molecule has 27 heavy (non-hydrogen) atoms. The van der Waals surface area contributed by atoms with Crippen molar-refractivity contribution in [1.29, 1.82) is 0 Å². The van der Waals surface area contributed by atoms with Gasteiger partial charge in [-0.1, -0.05) is 0 Å². The zero-order valence-corrected chi connectivity index (χ0v) is 17.5. The van der Waals surface area contributed by atoms with E-state index in [0.717, 1.165) is 42.0 Å². The van der Waals surface area contributed by atoms with Gasteiger partial charge in [-0.3, -0.25) is 4.79 Å². The summed E-state index contributed by atoms with van der Waals surface area (Å²) in [5.41, 5.74) is 6.54. The van der Waals surface area contributed by atoms with Crippen LogP contribution in [0.3, 0.4) is 0 Å². The van der Waals surface area contributed by atoms with E-state index in [1.807, 2.05) is 16.3 Å². The number of halogens is 2. The number of nitrogens with two attached hydrogens (primary N) is 1. The Labute approximate surface area is 175 Å². The van der Waals surface area contributed by atoms with Gasteiger partial charge in [0.25, 0.3) is 0 Å². The van der Waals surface area contributed by atoms with Crippen molar-refractivity contribution in [3.05, 3.63) is 17.8 Å². The van der Waals surface area contributed by atoms with Crippen molar-refractivity contribution < 1.29 is 9.53 Å². The van der Waals surface area contributed by atoms with Crippen LogP contribution < -0.4 is 10.6 Å². The third-order valence-corrected chi connectivity index (χ3v) is 6.28. The molecule has 2 aromatic rings. The Hall–Kier alpha value is -1.19. The highest BCUT2D eigenvalue weighted by Gasteiger charge is 2.42. The Morgan fingerprint density at radius 2 is 1.89 bits per heavy atom. The summed E-state index contributed by atoms with van der Waals surface area (Å²) >= 11 is 1.66. The average molecular weight is 434 g/mol. The summed E-state index contributed by atoms with van der Waals surface area (Å²) in [7, 11) is 0. The molecule has 0 saturated carbocycles. The third-order valence-electron chi connectivity index (χ3n) is 5.39. The largest absolute Gasteiger partial charge is 0.381 e. The van der Waals surface area contributed by atoms with Gasteiger partial charge in [0.2, 0.25) is 5.91 Å². The lowest BCUT2D eigenvalue weighted by molar-refractivity contribution is -0.147. The second kappa shape index (κ2) is 9.34. The van der Waals surface area contributed by atoms with E-state index < -0.39 is 5.41 Å². The van der Waals surface area contributed by atoms with E-state index in [4.69, 9.17) is 10.5 Å².